The van der Waals surface area contributed by atoms with Gasteiger partial charge in [-0.25, -0.2) is 0 Å². The van der Waals surface area contributed by atoms with Crippen molar-refractivity contribution in [2.45, 2.75) is 13.3 Å². The van der Waals surface area contributed by atoms with Gasteiger partial charge >= 0.3 is 0 Å². The Morgan fingerprint density at radius 2 is 1.80 bits per heavy atom. The third-order valence-corrected chi connectivity index (χ3v) is 3.80. The summed E-state index contributed by atoms with van der Waals surface area (Å²) >= 11 is 0. The molecule has 0 saturated heterocycles. The van der Waals surface area contributed by atoms with Crippen molar-refractivity contribution in [3.05, 3.63) is 46.7 Å². The number of allylic oxidation sites excluding steroid dienone is 3. The van der Waals surface area contributed by atoms with Gasteiger partial charge in [-0.3, -0.25) is 4.79 Å². The maximum absolute atomic E-state index is 11.5. The van der Waals surface area contributed by atoms with Crippen molar-refractivity contribution in [3.63, 3.8) is 0 Å². The van der Waals surface area contributed by atoms with E-state index in [9.17, 15) is 4.79 Å². The van der Waals surface area contributed by atoms with Gasteiger partial charge in [0.1, 0.15) is 0 Å². The van der Waals surface area contributed by atoms with Crippen LogP contribution in [0.5, 0.6) is 0 Å². The molecule has 20 heavy (non-hydrogen) atoms. The first-order chi connectivity index (χ1) is 9.45. The first-order valence-corrected chi connectivity index (χ1v) is 6.80. The topological polar surface area (TPSA) is 23.6 Å². The lowest BCUT2D eigenvalue weighted by Gasteiger charge is -2.19. The van der Waals surface area contributed by atoms with E-state index in [-0.39, 0.29) is 0 Å². The summed E-state index contributed by atoms with van der Waals surface area (Å²) in [7, 11) is 8.06. The van der Waals surface area contributed by atoms with Gasteiger partial charge in [0.15, 0.2) is 6.29 Å². The Labute approximate surface area is 121 Å². The molecule has 0 aromatic heterocycles. The third kappa shape index (κ3) is 2.48. The smallest absolute Gasteiger partial charge is 0.151 e. The van der Waals surface area contributed by atoms with E-state index in [1.807, 2.05) is 40.0 Å². The monoisotopic (exact) mass is 270 g/mol. The normalized spacial score (nSPS) is 13.8. The average Bonchev–Trinajstić information content (AvgIpc) is 2.87. The van der Waals surface area contributed by atoms with Crippen LogP contribution in [0, 0.1) is 6.92 Å². The number of hydrogen-bond acceptors (Lipinski definition) is 3. The number of anilines is 1. The third-order valence-electron chi connectivity index (χ3n) is 3.80. The molecule has 1 aliphatic carbocycles. The standard InChI is InChI=1S/C17H22N2O/c1-12-16(11-20)15(8-9-17(12)19(4)5)13-6-7-14(10-13)18(2)3/h7-11H,6H2,1-5H3. The number of rotatable bonds is 4. The van der Waals surface area contributed by atoms with Gasteiger partial charge in [0, 0.05) is 45.1 Å². The molecule has 0 fully saturated rings. The van der Waals surface area contributed by atoms with Crippen molar-refractivity contribution in [3.8, 4) is 0 Å². The number of nitrogens with zero attached hydrogens (tertiary/aromatic N) is 2. The Bertz CT molecular complexity index is 595. The highest BCUT2D eigenvalue weighted by molar-refractivity contribution is 5.91. The van der Waals surface area contributed by atoms with Crippen molar-refractivity contribution in [2.24, 2.45) is 0 Å². The molecule has 0 spiro atoms. The molecule has 0 bridgehead atoms. The SMILES string of the molecule is Cc1c(N(C)C)ccc(C2=CC(N(C)C)=CC2)c1C=O. The van der Waals surface area contributed by atoms with Crippen LogP contribution in [0.1, 0.15) is 27.9 Å². The van der Waals surface area contributed by atoms with Crippen molar-refractivity contribution in [1.82, 2.24) is 4.90 Å². The molecule has 0 atom stereocenters. The van der Waals surface area contributed by atoms with Crippen molar-refractivity contribution >= 4 is 17.5 Å². The summed E-state index contributed by atoms with van der Waals surface area (Å²) < 4.78 is 0. The van der Waals surface area contributed by atoms with Crippen LogP contribution in [0.2, 0.25) is 0 Å². The number of benzene rings is 1. The predicted molar refractivity (Wildman–Crippen MR) is 85.3 cm³/mol. The lowest BCUT2D eigenvalue weighted by Crippen LogP contribution is -2.12. The van der Waals surface area contributed by atoms with Crippen LogP contribution in [0.15, 0.2) is 30.0 Å². The highest BCUT2D eigenvalue weighted by Gasteiger charge is 2.16. The van der Waals surface area contributed by atoms with E-state index in [0.717, 1.165) is 35.1 Å². The van der Waals surface area contributed by atoms with Gasteiger partial charge in [0.05, 0.1) is 0 Å². The zero-order valence-corrected chi connectivity index (χ0v) is 12.9. The van der Waals surface area contributed by atoms with E-state index in [0.29, 0.717) is 0 Å². The molecule has 2 rings (SSSR count). The van der Waals surface area contributed by atoms with Gasteiger partial charge in [-0.05, 0) is 42.2 Å². The maximum atomic E-state index is 11.5. The predicted octanol–water partition coefficient (Wildman–Crippen LogP) is 3.11. The first-order valence-electron chi connectivity index (χ1n) is 6.80. The number of likely N-dealkylation sites (N-methyl/N-ethyl adjacent to an activating group) is 1. The van der Waals surface area contributed by atoms with E-state index in [4.69, 9.17) is 0 Å². The number of aldehydes is 1. The molecule has 3 heteroatoms. The largest absolute Gasteiger partial charge is 0.378 e. The van der Waals surface area contributed by atoms with Crippen molar-refractivity contribution in [1.29, 1.82) is 0 Å². The van der Waals surface area contributed by atoms with Gasteiger partial charge in [-0.15, -0.1) is 0 Å². The minimum Gasteiger partial charge on any atom is -0.378 e. The average molecular weight is 270 g/mol. The molecule has 1 aromatic carbocycles. The van der Waals surface area contributed by atoms with Gasteiger partial charge in [-0.2, -0.15) is 0 Å². The molecule has 1 aliphatic rings. The first kappa shape index (κ1) is 14.4. The minimum absolute atomic E-state index is 0.802. The summed E-state index contributed by atoms with van der Waals surface area (Å²) in [4.78, 5) is 15.7. The Morgan fingerprint density at radius 1 is 1.10 bits per heavy atom. The van der Waals surface area contributed by atoms with Crippen LogP contribution in [0.25, 0.3) is 5.57 Å². The summed E-state index contributed by atoms with van der Waals surface area (Å²) in [6.07, 6.45) is 6.22. The van der Waals surface area contributed by atoms with E-state index < -0.39 is 0 Å². The summed E-state index contributed by atoms with van der Waals surface area (Å²) in [5, 5.41) is 0. The van der Waals surface area contributed by atoms with E-state index >= 15 is 0 Å². The Balaban J connectivity index is 2.47. The number of carbonyl (C=O) groups is 1. The molecule has 0 heterocycles. The Morgan fingerprint density at radius 3 is 2.30 bits per heavy atom. The van der Waals surface area contributed by atoms with Crippen LogP contribution in [-0.2, 0) is 0 Å². The fourth-order valence-corrected chi connectivity index (χ4v) is 2.64. The van der Waals surface area contributed by atoms with Crippen molar-refractivity contribution < 1.29 is 4.79 Å². The maximum Gasteiger partial charge on any atom is 0.151 e. The number of carbonyl (C=O) groups excluding carboxylic acids is 1. The van der Waals surface area contributed by atoms with E-state index in [1.165, 1.54) is 11.3 Å². The summed E-state index contributed by atoms with van der Waals surface area (Å²) in [6, 6.07) is 4.15. The fraction of sp³-hybridized carbons (Fsp3) is 0.353. The highest BCUT2D eigenvalue weighted by atomic mass is 16.1. The summed E-state index contributed by atoms with van der Waals surface area (Å²) in [5.74, 6) is 0. The molecule has 0 unspecified atom stereocenters. The molecule has 0 aliphatic heterocycles. The molecule has 1 aromatic rings. The van der Waals surface area contributed by atoms with E-state index in [2.05, 4.69) is 29.2 Å². The molecule has 0 radical (unpaired) electrons. The molecular weight excluding hydrogens is 248 g/mol. The molecule has 0 amide bonds. The van der Waals surface area contributed by atoms with Crippen molar-refractivity contribution in [2.75, 3.05) is 33.1 Å². The highest BCUT2D eigenvalue weighted by Crippen LogP contribution is 2.33. The minimum atomic E-state index is 0.802. The van der Waals surface area contributed by atoms with Gasteiger partial charge in [0.2, 0.25) is 0 Å². The Hall–Kier alpha value is -2.03. The lowest BCUT2D eigenvalue weighted by atomic mass is 9.94. The molecule has 3 nitrogen and oxygen atoms in total. The molecule has 0 saturated carbocycles. The zero-order chi connectivity index (χ0) is 14.9. The molecule has 106 valence electrons. The lowest BCUT2D eigenvalue weighted by molar-refractivity contribution is 0.112. The van der Waals surface area contributed by atoms with E-state index in [1.54, 1.807) is 0 Å². The number of hydrogen-bond donors (Lipinski definition) is 0. The van der Waals surface area contributed by atoms with Crippen LogP contribution in [0.3, 0.4) is 0 Å². The second kappa shape index (κ2) is 5.53. The quantitative estimate of drug-likeness (QED) is 0.785. The van der Waals surface area contributed by atoms with Gasteiger partial charge < -0.3 is 9.80 Å². The van der Waals surface area contributed by atoms with Crippen LogP contribution >= 0.6 is 0 Å². The fourth-order valence-electron chi connectivity index (χ4n) is 2.64. The summed E-state index contributed by atoms with van der Waals surface area (Å²) in [5.41, 5.74) is 6.40. The summed E-state index contributed by atoms with van der Waals surface area (Å²) in [6.45, 7) is 2.01. The Kier molecular flexibility index (Phi) is 3.98. The van der Waals surface area contributed by atoms with Crippen LogP contribution in [0.4, 0.5) is 5.69 Å². The van der Waals surface area contributed by atoms with Crippen LogP contribution < -0.4 is 4.90 Å². The second-order valence-corrected chi connectivity index (χ2v) is 5.58. The molecular formula is C17H22N2O. The second-order valence-electron chi connectivity index (χ2n) is 5.58. The molecule has 0 N–H and O–H groups in total. The zero-order valence-electron chi connectivity index (χ0n) is 12.9. The van der Waals surface area contributed by atoms with Gasteiger partial charge in [0.25, 0.3) is 0 Å². The van der Waals surface area contributed by atoms with Gasteiger partial charge in [-0.1, -0.05) is 12.1 Å². The van der Waals surface area contributed by atoms with Crippen LogP contribution in [-0.4, -0.2) is 39.4 Å².